The molecule has 0 radical (unpaired) electrons. The first-order valence-electron chi connectivity index (χ1n) is 6.74. The van der Waals surface area contributed by atoms with E-state index in [0.717, 1.165) is 13.0 Å². The summed E-state index contributed by atoms with van der Waals surface area (Å²) in [6, 6.07) is 10.6. The Morgan fingerprint density at radius 3 is 2.72 bits per heavy atom. The normalized spacial score (nSPS) is 21.7. The number of hydrogen-bond donors (Lipinski definition) is 1. The Hall–Kier alpha value is -0.510. The zero-order chi connectivity index (χ0) is 13.0. The number of nitrogens with two attached hydrogens (primary N) is 1. The van der Waals surface area contributed by atoms with Crippen molar-refractivity contribution in [1.82, 2.24) is 4.90 Å². The molecule has 1 fully saturated rings. The highest BCUT2D eigenvalue weighted by molar-refractivity contribution is 8.00. The van der Waals surface area contributed by atoms with Gasteiger partial charge in [0.1, 0.15) is 0 Å². The summed E-state index contributed by atoms with van der Waals surface area (Å²) in [7, 11) is 0. The van der Waals surface area contributed by atoms with Crippen LogP contribution in [0.4, 0.5) is 0 Å². The summed E-state index contributed by atoms with van der Waals surface area (Å²) in [6.45, 7) is 8.16. The summed E-state index contributed by atoms with van der Waals surface area (Å²) in [5.41, 5.74) is 7.50. The monoisotopic (exact) mass is 264 g/mol. The quantitative estimate of drug-likeness (QED) is 0.906. The molecular formula is C15H24N2S. The van der Waals surface area contributed by atoms with Crippen LogP contribution in [0, 0.1) is 0 Å². The lowest BCUT2D eigenvalue weighted by Gasteiger charge is -2.37. The minimum Gasteiger partial charge on any atom is -0.324 e. The lowest BCUT2D eigenvalue weighted by molar-refractivity contribution is 0.251. The highest BCUT2D eigenvalue weighted by Gasteiger charge is 2.26. The summed E-state index contributed by atoms with van der Waals surface area (Å²) in [5.74, 6) is 1.24. The summed E-state index contributed by atoms with van der Waals surface area (Å²) in [5, 5.41) is 0. The van der Waals surface area contributed by atoms with Gasteiger partial charge in [0.15, 0.2) is 0 Å². The standard InChI is InChI=1S/C15H24N2S/c1-15(2)12-17(10-11-18-15)9-8-14(16)13-6-4-3-5-7-13/h3-7,14H,8-12,16H2,1-2H3. The van der Waals surface area contributed by atoms with Gasteiger partial charge in [-0.1, -0.05) is 30.3 Å². The molecule has 18 heavy (non-hydrogen) atoms. The molecule has 1 saturated heterocycles. The van der Waals surface area contributed by atoms with Crippen LogP contribution in [0.25, 0.3) is 0 Å². The molecular weight excluding hydrogens is 240 g/mol. The SMILES string of the molecule is CC1(C)CN(CCC(N)c2ccccc2)CCS1. The van der Waals surface area contributed by atoms with Crippen LogP contribution in [0.1, 0.15) is 31.9 Å². The van der Waals surface area contributed by atoms with Crippen molar-refractivity contribution >= 4 is 11.8 Å². The van der Waals surface area contributed by atoms with Crippen molar-refractivity contribution < 1.29 is 0 Å². The van der Waals surface area contributed by atoms with Gasteiger partial charge in [-0.15, -0.1) is 0 Å². The minimum atomic E-state index is 0.170. The van der Waals surface area contributed by atoms with Crippen molar-refractivity contribution in [2.24, 2.45) is 5.73 Å². The molecule has 1 aromatic carbocycles. The number of nitrogens with zero attached hydrogens (tertiary/aromatic N) is 1. The third kappa shape index (κ3) is 4.01. The Morgan fingerprint density at radius 1 is 1.33 bits per heavy atom. The lowest BCUT2D eigenvalue weighted by atomic mass is 10.0. The fourth-order valence-electron chi connectivity index (χ4n) is 2.49. The number of hydrogen-bond acceptors (Lipinski definition) is 3. The minimum absolute atomic E-state index is 0.170. The zero-order valence-corrected chi connectivity index (χ0v) is 12.2. The molecule has 0 amide bonds. The number of benzene rings is 1. The van der Waals surface area contributed by atoms with E-state index in [9.17, 15) is 0 Å². The molecule has 1 aromatic rings. The predicted molar refractivity (Wildman–Crippen MR) is 81.0 cm³/mol. The Kier molecular flexibility index (Phi) is 4.71. The smallest absolute Gasteiger partial charge is 0.0307 e. The largest absolute Gasteiger partial charge is 0.324 e. The molecule has 0 aromatic heterocycles. The van der Waals surface area contributed by atoms with Crippen molar-refractivity contribution in [1.29, 1.82) is 0 Å². The Bertz CT molecular complexity index is 364. The van der Waals surface area contributed by atoms with E-state index in [4.69, 9.17) is 5.73 Å². The first-order chi connectivity index (χ1) is 8.57. The highest BCUT2D eigenvalue weighted by Crippen LogP contribution is 2.29. The molecule has 1 aliphatic rings. The molecule has 0 saturated carbocycles. The molecule has 2 rings (SSSR count). The molecule has 1 unspecified atom stereocenters. The molecule has 0 spiro atoms. The third-order valence-corrected chi connectivity index (χ3v) is 4.79. The van der Waals surface area contributed by atoms with Gasteiger partial charge in [0.05, 0.1) is 0 Å². The Balaban J connectivity index is 1.81. The zero-order valence-electron chi connectivity index (χ0n) is 11.4. The topological polar surface area (TPSA) is 29.3 Å². The van der Waals surface area contributed by atoms with E-state index in [1.807, 2.05) is 6.07 Å². The average molecular weight is 264 g/mol. The van der Waals surface area contributed by atoms with E-state index in [2.05, 4.69) is 54.8 Å². The van der Waals surface area contributed by atoms with Crippen LogP contribution in [0.15, 0.2) is 30.3 Å². The van der Waals surface area contributed by atoms with Crippen molar-refractivity contribution in [3.63, 3.8) is 0 Å². The van der Waals surface area contributed by atoms with Gasteiger partial charge in [-0.2, -0.15) is 11.8 Å². The van der Waals surface area contributed by atoms with Crippen molar-refractivity contribution in [2.75, 3.05) is 25.4 Å². The Labute approximate surface area is 115 Å². The van der Waals surface area contributed by atoms with Gasteiger partial charge in [-0.25, -0.2) is 0 Å². The third-order valence-electron chi connectivity index (χ3n) is 3.49. The maximum absolute atomic E-state index is 6.25. The van der Waals surface area contributed by atoms with Gasteiger partial charge in [0.2, 0.25) is 0 Å². The number of thioether (sulfide) groups is 1. The predicted octanol–water partition coefficient (Wildman–Crippen LogP) is 2.90. The van der Waals surface area contributed by atoms with Crippen LogP contribution in [0.3, 0.4) is 0 Å². The number of rotatable bonds is 4. The van der Waals surface area contributed by atoms with Gasteiger partial charge in [-0.05, 0) is 25.8 Å². The summed E-state index contributed by atoms with van der Waals surface area (Å²) < 4.78 is 0.398. The average Bonchev–Trinajstić information content (AvgIpc) is 2.36. The second-order valence-corrected chi connectivity index (χ2v) is 7.49. The van der Waals surface area contributed by atoms with Gasteiger partial charge >= 0.3 is 0 Å². The first kappa shape index (κ1) is 13.9. The summed E-state index contributed by atoms with van der Waals surface area (Å²) >= 11 is 2.08. The summed E-state index contributed by atoms with van der Waals surface area (Å²) in [6.07, 6.45) is 1.05. The van der Waals surface area contributed by atoms with Crippen LogP contribution in [0.5, 0.6) is 0 Å². The molecule has 100 valence electrons. The van der Waals surface area contributed by atoms with E-state index in [1.165, 1.54) is 24.4 Å². The van der Waals surface area contributed by atoms with Crippen molar-refractivity contribution in [3.05, 3.63) is 35.9 Å². The van der Waals surface area contributed by atoms with Crippen LogP contribution >= 0.6 is 11.8 Å². The van der Waals surface area contributed by atoms with Crippen LogP contribution in [-0.4, -0.2) is 35.0 Å². The summed E-state index contributed by atoms with van der Waals surface area (Å²) in [4.78, 5) is 2.55. The second-order valence-electron chi connectivity index (χ2n) is 5.69. The lowest BCUT2D eigenvalue weighted by Crippen LogP contribution is -2.43. The highest BCUT2D eigenvalue weighted by atomic mass is 32.2. The van der Waals surface area contributed by atoms with Gasteiger partial charge in [-0.3, -0.25) is 0 Å². The Morgan fingerprint density at radius 2 is 2.06 bits per heavy atom. The van der Waals surface area contributed by atoms with Crippen LogP contribution in [-0.2, 0) is 0 Å². The molecule has 1 aliphatic heterocycles. The van der Waals surface area contributed by atoms with E-state index >= 15 is 0 Å². The van der Waals surface area contributed by atoms with Gasteiger partial charge < -0.3 is 10.6 Å². The second kappa shape index (κ2) is 6.09. The van der Waals surface area contributed by atoms with Crippen LogP contribution < -0.4 is 5.73 Å². The fourth-order valence-corrected chi connectivity index (χ4v) is 3.67. The first-order valence-corrected chi connectivity index (χ1v) is 7.72. The van der Waals surface area contributed by atoms with Gasteiger partial charge in [0.25, 0.3) is 0 Å². The molecule has 2 nitrogen and oxygen atoms in total. The van der Waals surface area contributed by atoms with E-state index in [0.29, 0.717) is 4.75 Å². The molecule has 1 heterocycles. The van der Waals surface area contributed by atoms with Crippen molar-refractivity contribution in [3.8, 4) is 0 Å². The van der Waals surface area contributed by atoms with Gasteiger partial charge in [0, 0.05) is 36.2 Å². The maximum Gasteiger partial charge on any atom is 0.0307 e. The maximum atomic E-state index is 6.25. The molecule has 3 heteroatoms. The van der Waals surface area contributed by atoms with Crippen LogP contribution in [0.2, 0.25) is 0 Å². The van der Waals surface area contributed by atoms with Crippen molar-refractivity contribution in [2.45, 2.75) is 31.1 Å². The molecule has 1 atom stereocenters. The van der Waals surface area contributed by atoms with E-state index < -0.39 is 0 Å². The molecule has 2 N–H and O–H groups in total. The molecule has 0 aliphatic carbocycles. The molecule has 0 bridgehead atoms. The van der Waals surface area contributed by atoms with E-state index in [-0.39, 0.29) is 6.04 Å². The fraction of sp³-hybridized carbons (Fsp3) is 0.600. The van der Waals surface area contributed by atoms with E-state index in [1.54, 1.807) is 0 Å².